The average molecular weight is 305 g/mol. The Morgan fingerprint density at radius 2 is 1.86 bits per heavy atom. The lowest BCUT2D eigenvalue weighted by atomic mass is 10.1. The Morgan fingerprint density at radius 3 is 2.48 bits per heavy atom. The first-order chi connectivity index (χ1) is 10.3. The zero-order chi connectivity index (χ0) is 15.1. The third-order valence-corrected chi connectivity index (χ3v) is 4.45. The molecule has 0 saturated carbocycles. The lowest BCUT2D eigenvalue weighted by molar-refractivity contribution is 0.135. The van der Waals surface area contributed by atoms with Gasteiger partial charge < -0.3 is 10.1 Å². The Kier molecular flexibility index (Phi) is 6.29. The van der Waals surface area contributed by atoms with E-state index in [4.69, 9.17) is 4.74 Å². The van der Waals surface area contributed by atoms with Crippen molar-refractivity contribution in [2.24, 2.45) is 0 Å². The van der Waals surface area contributed by atoms with E-state index in [9.17, 15) is 0 Å². The molecule has 0 fully saturated rings. The minimum absolute atomic E-state index is 0.138. The van der Waals surface area contributed by atoms with Crippen LogP contribution in [0.25, 0.3) is 0 Å². The first-order valence-electron chi connectivity index (χ1n) is 7.44. The highest BCUT2D eigenvalue weighted by atomic mass is 32.1. The normalized spacial score (nSPS) is 14.0. The minimum atomic E-state index is -0.138. The summed E-state index contributed by atoms with van der Waals surface area (Å²) >= 11 is 1.63. The van der Waals surface area contributed by atoms with E-state index in [0.29, 0.717) is 0 Å². The molecule has 2 rings (SSSR count). The number of hydrogen-bond donors (Lipinski definition) is 1. The predicted molar refractivity (Wildman–Crippen MR) is 86.5 cm³/mol. The Balaban J connectivity index is 2.17. The van der Waals surface area contributed by atoms with Gasteiger partial charge in [0, 0.05) is 7.11 Å². The maximum absolute atomic E-state index is 5.62. The number of nitrogens with one attached hydrogen (secondary N) is 1. The van der Waals surface area contributed by atoms with Crippen LogP contribution in [0.2, 0.25) is 0 Å². The van der Waals surface area contributed by atoms with Gasteiger partial charge in [0.05, 0.1) is 6.04 Å². The van der Waals surface area contributed by atoms with Gasteiger partial charge in [-0.2, -0.15) is 0 Å². The van der Waals surface area contributed by atoms with Gasteiger partial charge in [-0.1, -0.05) is 55.5 Å². The van der Waals surface area contributed by atoms with Crippen molar-refractivity contribution in [2.75, 3.05) is 13.7 Å². The largest absolute Gasteiger partial charge is 0.369 e. The number of hydrogen-bond acceptors (Lipinski definition) is 5. The highest BCUT2D eigenvalue weighted by Crippen LogP contribution is 2.30. The highest BCUT2D eigenvalue weighted by molar-refractivity contribution is 7.11. The van der Waals surface area contributed by atoms with Gasteiger partial charge in [-0.05, 0) is 24.9 Å². The topological polar surface area (TPSA) is 47.0 Å². The first kappa shape index (κ1) is 16.1. The van der Waals surface area contributed by atoms with Crippen LogP contribution in [0, 0.1) is 0 Å². The second-order valence-electron chi connectivity index (χ2n) is 4.92. The van der Waals surface area contributed by atoms with Crippen LogP contribution in [0.15, 0.2) is 30.3 Å². The van der Waals surface area contributed by atoms with Crippen molar-refractivity contribution in [3.8, 4) is 0 Å². The van der Waals surface area contributed by atoms with Crippen LogP contribution >= 0.6 is 11.3 Å². The van der Waals surface area contributed by atoms with Gasteiger partial charge in [0.2, 0.25) is 0 Å². The zero-order valence-electron chi connectivity index (χ0n) is 12.9. The molecule has 2 unspecified atom stereocenters. The summed E-state index contributed by atoms with van der Waals surface area (Å²) in [5.74, 6) is 0. The zero-order valence-corrected chi connectivity index (χ0v) is 13.7. The van der Waals surface area contributed by atoms with Gasteiger partial charge in [0.1, 0.15) is 11.1 Å². The van der Waals surface area contributed by atoms with E-state index >= 15 is 0 Å². The fourth-order valence-corrected chi connectivity index (χ4v) is 3.33. The third-order valence-electron chi connectivity index (χ3n) is 3.37. The van der Waals surface area contributed by atoms with Gasteiger partial charge in [-0.3, -0.25) is 0 Å². The molecule has 0 aliphatic heterocycles. The molecular formula is C16H23N3OS. The molecule has 5 heteroatoms. The van der Waals surface area contributed by atoms with E-state index in [1.54, 1.807) is 18.4 Å². The van der Waals surface area contributed by atoms with Crippen LogP contribution in [-0.2, 0) is 4.74 Å². The van der Waals surface area contributed by atoms with Gasteiger partial charge >= 0.3 is 0 Å². The molecule has 1 N–H and O–H groups in total. The summed E-state index contributed by atoms with van der Waals surface area (Å²) in [6.45, 7) is 5.33. The lowest BCUT2D eigenvalue weighted by Gasteiger charge is -2.13. The second-order valence-corrected chi connectivity index (χ2v) is 5.96. The number of ether oxygens (including phenoxy) is 1. The molecule has 1 heterocycles. The van der Waals surface area contributed by atoms with Crippen molar-refractivity contribution < 1.29 is 4.74 Å². The molecular weight excluding hydrogens is 282 g/mol. The monoisotopic (exact) mass is 305 g/mol. The van der Waals surface area contributed by atoms with Crippen LogP contribution in [-0.4, -0.2) is 23.9 Å². The fraction of sp³-hybridized carbons (Fsp3) is 0.500. The fourth-order valence-electron chi connectivity index (χ4n) is 2.23. The van der Waals surface area contributed by atoms with Crippen LogP contribution in [0.1, 0.15) is 54.4 Å². The van der Waals surface area contributed by atoms with E-state index in [-0.39, 0.29) is 12.1 Å². The van der Waals surface area contributed by atoms with E-state index in [0.717, 1.165) is 35.0 Å². The molecule has 0 bridgehead atoms. The Bertz CT molecular complexity index is 529. The quantitative estimate of drug-likeness (QED) is 0.807. The molecule has 0 aliphatic carbocycles. The first-order valence-corrected chi connectivity index (χ1v) is 8.26. The molecule has 21 heavy (non-hydrogen) atoms. The molecule has 0 aliphatic rings. The van der Waals surface area contributed by atoms with Crippen LogP contribution in [0.5, 0.6) is 0 Å². The number of rotatable bonds is 8. The highest BCUT2D eigenvalue weighted by Gasteiger charge is 2.21. The summed E-state index contributed by atoms with van der Waals surface area (Å²) in [5.41, 5.74) is 1.11. The average Bonchev–Trinajstić information content (AvgIpc) is 2.99. The Morgan fingerprint density at radius 1 is 1.14 bits per heavy atom. The van der Waals surface area contributed by atoms with E-state index in [1.165, 1.54) is 0 Å². The summed E-state index contributed by atoms with van der Waals surface area (Å²) in [7, 11) is 1.71. The molecule has 2 aromatic rings. The molecule has 1 aromatic carbocycles. The minimum Gasteiger partial charge on any atom is -0.369 e. The van der Waals surface area contributed by atoms with Crippen molar-refractivity contribution in [1.29, 1.82) is 0 Å². The van der Waals surface area contributed by atoms with Crippen molar-refractivity contribution in [3.05, 3.63) is 45.9 Å². The van der Waals surface area contributed by atoms with E-state index < -0.39 is 0 Å². The molecule has 0 saturated heterocycles. The third kappa shape index (κ3) is 4.09. The molecule has 0 amide bonds. The number of nitrogens with zero attached hydrogens (tertiary/aromatic N) is 2. The van der Waals surface area contributed by atoms with Gasteiger partial charge in [0.15, 0.2) is 5.01 Å². The molecule has 2 atom stereocenters. The van der Waals surface area contributed by atoms with Crippen molar-refractivity contribution in [3.63, 3.8) is 0 Å². The van der Waals surface area contributed by atoms with E-state index in [2.05, 4.69) is 41.5 Å². The van der Waals surface area contributed by atoms with Crippen LogP contribution in [0.3, 0.4) is 0 Å². The Labute approximate surface area is 130 Å². The van der Waals surface area contributed by atoms with Crippen molar-refractivity contribution in [1.82, 2.24) is 15.5 Å². The summed E-state index contributed by atoms with van der Waals surface area (Å²) in [4.78, 5) is 0. The predicted octanol–water partition coefficient (Wildman–Crippen LogP) is 3.72. The summed E-state index contributed by atoms with van der Waals surface area (Å²) < 4.78 is 5.62. The lowest BCUT2D eigenvalue weighted by Crippen LogP contribution is -2.21. The van der Waals surface area contributed by atoms with Crippen LogP contribution in [0.4, 0.5) is 0 Å². The number of benzene rings is 1. The number of methoxy groups -OCH3 is 1. The maximum Gasteiger partial charge on any atom is 0.151 e. The van der Waals surface area contributed by atoms with E-state index in [1.807, 2.05) is 18.2 Å². The van der Waals surface area contributed by atoms with Crippen molar-refractivity contribution >= 4 is 11.3 Å². The van der Waals surface area contributed by atoms with Gasteiger partial charge in [-0.15, -0.1) is 10.2 Å². The second kappa shape index (κ2) is 8.22. The summed E-state index contributed by atoms with van der Waals surface area (Å²) in [6.07, 6.45) is 1.99. The molecule has 1 aromatic heterocycles. The molecule has 114 valence electrons. The summed E-state index contributed by atoms with van der Waals surface area (Å²) in [6, 6.07) is 10.4. The standard InChI is InChI=1S/C16H23N3OS/c1-4-11-17-13(5-2)15-18-19-16(21-15)14(20-3)12-9-7-6-8-10-12/h6-10,13-14,17H,4-5,11H2,1-3H3. The summed E-state index contributed by atoms with van der Waals surface area (Å²) in [5, 5.41) is 14.2. The maximum atomic E-state index is 5.62. The van der Waals surface area contributed by atoms with Gasteiger partial charge in [-0.25, -0.2) is 0 Å². The van der Waals surface area contributed by atoms with Crippen LogP contribution < -0.4 is 5.32 Å². The SMILES string of the molecule is CCCNC(CC)c1nnc(C(OC)c2ccccc2)s1. The van der Waals surface area contributed by atoms with Crippen molar-refractivity contribution in [2.45, 2.75) is 38.8 Å². The van der Waals surface area contributed by atoms with Gasteiger partial charge in [0.25, 0.3) is 0 Å². The number of aromatic nitrogens is 2. The molecule has 0 radical (unpaired) electrons. The molecule has 4 nitrogen and oxygen atoms in total. The Hall–Kier alpha value is -1.30. The molecule has 0 spiro atoms. The smallest absolute Gasteiger partial charge is 0.151 e.